The van der Waals surface area contributed by atoms with Crippen LogP contribution >= 0.6 is 0 Å². The van der Waals surface area contributed by atoms with E-state index in [1.54, 1.807) is 0 Å². The Morgan fingerprint density at radius 1 is 1.24 bits per heavy atom. The number of nitrogens with one attached hydrogen (secondary N) is 1. The molecule has 0 bridgehead atoms. The summed E-state index contributed by atoms with van der Waals surface area (Å²) in [4.78, 5) is 0. The van der Waals surface area contributed by atoms with Crippen molar-refractivity contribution in [3.63, 3.8) is 0 Å². The Kier molecular flexibility index (Phi) is 7.72. The molecular formula is C14H27N3. The highest BCUT2D eigenvalue weighted by Gasteiger charge is 2.04. The first-order valence-electron chi connectivity index (χ1n) is 7.05. The van der Waals surface area contributed by atoms with Crippen molar-refractivity contribution in [2.45, 2.75) is 52.5 Å². The Morgan fingerprint density at radius 2 is 2.12 bits per heavy atom. The zero-order chi connectivity index (χ0) is 12.3. The van der Waals surface area contributed by atoms with Crippen molar-refractivity contribution in [3.05, 3.63) is 18.5 Å². The Balaban J connectivity index is 1.98. The van der Waals surface area contributed by atoms with Gasteiger partial charge in [-0.15, -0.1) is 0 Å². The van der Waals surface area contributed by atoms with E-state index in [1.165, 1.54) is 32.1 Å². The second-order valence-corrected chi connectivity index (χ2v) is 4.72. The Labute approximate surface area is 106 Å². The molecule has 1 rings (SSSR count). The number of nitrogens with zero attached hydrogens (tertiary/aromatic N) is 2. The van der Waals surface area contributed by atoms with Crippen molar-refractivity contribution in [1.82, 2.24) is 15.1 Å². The van der Waals surface area contributed by atoms with E-state index < -0.39 is 0 Å². The van der Waals surface area contributed by atoms with Gasteiger partial charge < -0.3 is 5.32 Å². The van der Waals surface area contributed by atoms with Crippen molar-refractivity contribution < 1.29 is 0 Å². The fraction of sp³-hybridized carbons (Fsp3) is 0.786. The van der Waals surface area contributed by atoms with E-state index in [2.05, 4.69) is 24.3 Å². The fourth-order valence-corrected chi connectivity index (χ4v) is 2.10. The van der Waals surface area contributed by atoms with Crippen LogP contribution in [0.25, 0.3) is 0 Å². The minimum Gasteiger partial charge on any atom is -0.315 e. The Hall–Kier alpha value is -0.830. The van der Waals surface area contributed by atoms with Crippen LogP contribution in [0.3, 0.4) is 0 Å². The smallest absolute Gasteiger partial charge is 0.0533 e. The monoisotopic (exact) mass is 237 g/mol. The number of hydrogen-bond acceptors (Lipinski definition) is 2. The normalized spacial score (nSPS) is 12.8. The zero-order valence-corrected chi connectivity index (χ0v) is 11.4. The molecule has 17 heavy (non-hydrogen) atoms. The molecule has 3 heteroatoms. The van der Waals surface area contributed by atoms with E-state index in [0.717, 1.165) is 25.6 Å². The lowest BCUT2D eigenvalue weighted by Gasteiger charge is -2.14. The first kappa shape index (κ1) is 14.2. The van der Waals surface area contributed by atoms with Gasteiger partial charge in [-0.1, -0.05) is 39.5 Å². The van der Waals surface area contributed by atoms with Gasteiger partial charge >= 0.3 is 0 Å². The fourth-order valence-electron chi connectivity index (χ4n) is 2.10. The summed E-state index contributed by atoms with van der Waals surface area (Å²) in [6.45, 7) is 7.72. The minimum absolute atomic E-state index is 0.909. The second-order valence-electron chi connectivity index (χ2n) is 4.72. The molecular weight excluding hydrogens is 210 g/mol. The van der Waals surface area contributed by atoms with E-state index in [-0.39, 0.29) is 0 Å². The second kappa shape index (κ2) is 9.23. The Morgan fingerprint density at radius 3 is 2.76 bits per heavy atom. The highest BCUT2D eigenvalue weighted by Crippen LogP contribution is 2.15. The van der Waals surface area contributed by atoms with E-state index >= 15 is 0 Å². The summed E-state index contributed by atoms with van der Waals surface area (Å²) < 4.78 is 1.97. The van der Waals surface area contributed by atoms with E-state index in [9.17, 15) is 0 Å². The van der Waals surface area contributed by atoms with Gasteiger partial charge in [0.25, 0.3) is 0 Å². The number of aromatic nitrogens is 2. The first-order chi connectivity index (χ1) is 8.36. The summed E-state index contributed by atoms with van der Waals surface area (Å²) in [5.41, 5.74) is 0. The summed E-state index contributed by atoms with van der Waals surface area (Å²) in [5.74, 6) is 0.909. The molecule has 0 unspecified atom stereocenters. The van der Waals surface area contributed by atoms with E-state index in [0.29, 0.717) is 0 Å². The predicted octanol–water partition coefficient (Wildman–Crippen LogP) is 3.08. The maximum Gasteiger partial charge on any atom is 0.0533 e. The van der Waals surface area contributed by atoms with E-state index in [4.69, 9.17) is 0 Å². The van der Waals surface area contributed by atoms with Crippen molar-refractivity contribution >= 4 is 0 Å². The third-order valence-corrected chi connectivity index (χ3v) is 3.35. The number of unbranched alkanes of at least 4 members (excludes halogenated alkanes) is 1. The van der Waals surface area contributed by atoms with Crippen LogP contribution in [0.1, 0.15) is 46.0 Å². The lowest BCUT2D eigenvalue weighted by Crippen LogP contribution is -2.23. The molecule has 0 aliphatic heterocycles. The van der Waals surface area contributed by atoms with Gasteiger partial charge in [0.1, 0.15) is 0 Å². The van der Waals surface area contributed by atoms with Crippen LogP contribution in [0.4, 0.5) is 0 Å². The van der Waals surface area contributed by atoms with Gasteiger partial charge in [-0.05, 0) is 24.9 Å². The van der Waals surface area contributed by atoms with Gasteiger partial charge in [-0.3, -0.25) is 4.68 Å². The summed E-state index contributed by atoms with van der Waals surface area (Å²) >= 11 is 0. The van der Waals surface area contributed by atoms with Gasteiger partial charge in [-0.25, -0.2) is 0 Å². The van der Waals surface area contributed by atoms with Gasteiger partial charge in [-0.2, -0.15) is 5.10 Å². The molecule has 0 radical (unpaired) electrons. The van der Waals surface area contributed by atoms with Crippen LogP contribution in [0.15, 0.2) is 18.5 Å². The average Bonchev–Trinajstić information content (AvgIpc) is 2.85. The van der Waals surface area contributed by atoms with Crippen molar-refractivity contribution in [1.29, 1.82) is 0 Å². The minimum atomic E-state index is 0.909. The SMILES string of the molecule is CCCC[C@@H](CC)CCNCCn1cccn1. The molecule has 0 aliphatic rings. The molecule has 3 nitrogen and oxygen atoms in total. The molecule has 0 spiro atoms. The molecule has 1 aromatic rings. The maximum atomic E-state index is 4.18. The van der Waals surface area contributed by atoms with Gasteiger partial charge in [0.05, 0.1) is 6.54 Å². The molecule has 1 N–H and O–H groups in total. The average molecular weight is 237 g/mol. The summed E-state index contributed by atoms with van der Waals surface area (Å²) in [5, 5.41) is 7.69. The molecule has 1 atom stereocenters. The quantitative estimate of drug-likeness (QED) is 0.634. The van der Waals surface area contributed by atoms with Gasteiger partial charge in [0.2, 0.25) is 0 Å². The highest BCUT2D eigenvalue weighted by molar-refractivity contribution is 4.77. The first-order valence-corrected chi connectivity index (χ1v) is 7.05. The van der Waals surface area contributed by atoms with Crippen LogP contribution in [-0.2, 0) is 6.54 Å². The topological polar surface area (TPSA) is 29.9 Å². The molecule has 1 heterocycles. The molecule has 98 valence electrons. The summed E-state index contributed by atoms with van der Waals surface area (Å²) in [6.07, 6.45) is 10.6. The van der Waals surface area contributed by atoms with Crippen LogP contribution in [0.2, 0.25) is 0 Å². The summed E-state index contributed by atoms with van der Waals surface area (Å²) in [6, 6.07) is 1.97. The molecule has 0 amide bonds. The predicted molar refractivity (Wildman–Crippen MR) is 73.0 cm³/mol. The van der Waals surface area contributed by atoms with Crippen molar-refractivity contribution in [2.24, 2.45) is 5.92 Å². The lowest BCUT2D eigenvalue weighted by atomic mass is 9.96. The molecule has 0 aromatic carbocycles. The standard InChI is InChI=1S/C14H27N3/c1-3-5-7-14(4-2)8-10-15-11-13-17-12-6-9-16-17/h6,9,12,14-15H,3-5,7-8,10-11,13H2,1-2H3/t14-/m1/s1. The molecule has 0 saturated heterocycles. The van der Waals surface area contributed by atoms with Gasteiger partial charge in [0.15, 0.2) is 0 Å². The molecule has 0 aliphatic carbocycles. The third kappa shape index (κ3) is 6.47. The van der Waals surface area contributed by atoms with Crippen molar-refractivity contribution in [3.8, 4) is 0 Å². The number of rotatable bonds is 10. The zero-order valence-electron chi connectivity index (χ0n) is 11.4. The largest absolute Gasteiger partial charge is 0.315 e. The van der Waals surface area contributed by atoms with Crippen LogP contribution in [-0.4, -0.2) is 22.9 Å². The van der Waals surface area contributed by atoms with Gasteiger partial charge in [0, 0.05) is 18.9 Å². The third-order valence-electron chi connectivity index (χ3n) is 3.35. The Bertz CT molecular complexity index is 256. The van der Waals surface area contributed by atoms with E-state index in [1.807, 2.05) is 23.1 Å². The maximum absolute atomic E-state index is 4.18. The van der Waals surface area contributed by atoms with Crippen LogP contribution < -0.4 is 5.32 Å². The highest BCUT2D eigenvalue weighted by atomic mass is 15.3. The molecule has 0 fully saturated rings. The molecule has 1 aromatic heterocycles. The molecule has 0 saturated carbocycles. The summed E-state index contributed by atoms with van der Waals surface area (Å²) in [7, 11) is 0. The van der Waals surface area contributed by atoms with Crippen molar-refractivity contribution in [2.75, 3.05) is 13.1 Å². The lowest BCUT2D eigenvalue weighted by molar-refractivity contribution is 0.405. The van der Waals surface area contributed by atoms with Crippen LogP contribution in [0, 0.1) is 5.92 Å². The van der Waals surface area contributed by atoms with Crippen LogP contribution in [0.5, 0.6) is 0 Å². The number of hydrogen-bond donors (Lipinski definition) is 1.